The minimum absolute atomic E-state index is 0.0182. The fraction of sp³-hybridized carbons (Fsp3) is 0.118. The molecule has 0 fully saturated rings. The minimum atomic E-state index is -0.501. The summed E-state index contributed by atoms with van der Waals surface area (Å²) in [5.74, 6) is -0.631. The van der Waals surface area contributed by atoms with Gasteiger partial charge in [-0.2, -0.15) is 0 Å². The number of amides is 1. The maximum Gasteiger partial charge on any atom is 0.337 e. The van der Waals surface area contributed by atoms with E-state index in [1.165, 1.54) is 13.3 Å². The predicted molar refractivity (Wildman–Crippen MR) is 93.0 cm³/mol. The normalized spacial score (nSPS) is 10.4. The maximum absolute atomic E-state index is 12.1. The van der Waals surface area contributed by atoms with E-state index in [0.29, 0.717) is 33.2 Å². The van der Waals surface area contributed by atoms with Crippen LogP contribution in [0.25, 0.3) is 11.1 Å². The third kappa shape index (κ3) is 3.55. The summed E-state index contributed by atoms with van der Waals surface area (Å²) in [6.45, 7) is 1.61. The van der Waals surface area contributed by atoms with Gasteiger partial charge in [-0.05, 0) is 37.3 Å². The molecule has 1 N–H and O–H groups in total. The van der Waals surface area contributed by atoms with Gasteiger partial charge in [0.15, 0.2) is 0 Å². The summed E-state index contributed by atoms with van der Waals surface area (Å²) in [5, 5.41) is 9.98. The Morgan fingerprint density at radius 2 is 2.04 bits per heavy atom. The molecule has 0 bridgehead atoms. The number of pyridine rings is 1. The molecule has 1 amide bonds. The number of hydrogen-bond acceptors (Lipinski definition) is 7. The first-order chi connectivity index (χ1) is 12.5. The molecule has 26 heavy (non-hydrogen) atoms. The van der Waals surface area contributed by atoms with Crippen LogP contribution in [0.1, 0.15) is 26.6 Å². The lowest BCUT2D eigenvalue weighted by Gasteiger charge is -2.08. The second kappa shape index (κ2) is 7.32. The number of nitrogens with one attached hydrogen (secondary N) is 1. The Hall–Kier alpha value is -3.26. The highest BCUT2D eigenvalue weighted by molar-refractivity contribution is 6.33. The monoisotopic (exact) mass is 372 g/mol. The zero-order valence-corrected chi connectivity index (χ0v) is 14.6. The molecule has 3 aromatic rings. The van der Waals surface area contributed by atoms with Gasteiger partial charge in [-0.25, -0.2) is 9.78 Å². The number of esters is 1. The lowest BCUT2D eigenvalue weighted by molar-refractivity contribution is 0.0600. The molecule has 9 heteroatoms. The lowest BCUT2D eigenvalue weighted by atomic mass is 10.0. The van der Waals surface area contributed by atoms with E-state index in [9.17, 15) is 9.59 Å². The first kappa shape index (κ1) is 17.6. The summed E-state index contributed by atoms with van der Waals surface area (Å²) in [6, 6.07) is 8.13. The van der Waals surface area contributed by atoms with Crippen LogP contribution >= 0.6 is 11.6 Å². The number of ether oxygens (including phenoxy) is 1. The van der Waals surface area contributed by atoms with Crippen molar-refractivity contribution in [3.63, 3.8) is 0 Å². The molecule has 0 saturated carbocycles. The van der Waals surface area contributed by atoms with Gasteiger partial charge < -0.3 is 14.6 Å². The van der Waals surface area contributed by atoms with Crippen LogP contribution in [-0.4, -0.2) is 34.3 Å². The van der Waals surface area contributed by atoms with E-state index in [2.05, 4.69) is 20.7 Å². The third-order valence-corrected chi connectivity index (χ3v) is 3.89. The van der Waals surface area contributed by atoms with Gasteiger partial charge in [0.1, 0.15) is 11.5 Å². The van der Waals surface area contributed by atoms with Gasteiger partial charge in [0.2, 0.25) is 5.76 Å². The Kier molecular flexibility index (Phi) is 4.94. The number of methoxy groups -OCH3 is 1. The van der Waals surface area contributed by atoms with Crippen molar-refractivity contribution in [2.45, 2.75) is 6.92 Å². The second-order valence-electron chi connectivity index (χ2n) is 5.26. The number of benzene rings is 1. The average Bonchev–Trinajstić information content (AvgIpc) is 3.08. The van der Waals surface area contributed by atoms with Crippen LogP contribution in [0, 0.1) is 6.92 Å². The van der Waals surface area contributed by atoms with Gasteiger partial charge in [-0.15, -0.1) is 5.10 Å². The molecule has 0 aliphatic carbocycles. The summed E-state index contributed by atoms with van der Waals surface area (Å²) in [6.07, 6.45) is 1.53. The number of carbonyl (C=O) groups is 2. The van der Waals surface area contributed by atoms with Gasteiger partial charge in [-0.1, -0.05) is 11.6 Å². The molecule has 2 heterocycles. The first-order valence-corrected chi connectivity index (χ1v) is 7.82. The Labute approximate surface area is 153 Å². The van der Waals surface area contributed by atoms with Gasteiger partial charge in [-0.3, -0.25) is 4.79 Å². The first-order valence-electron chi connectivity index (χ1n) is 7.44. The fourth-order valence-electron chi connectivity index (χ4n) is 2.23. The molecule has 0 radical (unpaired) electrons. The largest absolute Gasteiger partial charge is 0.465 e. The molecule has 132 valence electrons. The summed E-state index contributed by atoms with van der Waals surface area (Å²) < 4.78 is 9.50. The van der Waals surface area contributed by atoms with Gasteiger partial charge >= 0.3 is 5.97 Å². The highest BCUT2D eigenvalue weighted by Gasteiger charge is 2.16. The molecule has 0 aliphatic rings. The molecule has 0 spiro atoms. The Balaban J connectivity index is 1.83. The molecule has 2 aromatic heterocycles. The maximum atomic E-state index is 12.1. The van der Waals surface area contributed by atoms with Crippen molar-refractivity contribution in [2.24, 2.45) is 0 Å². The molecule has 3 rings (SSSR count). The number of anilines is 1. The Morgan fingerprint density at radius 3 is 2.65 bits per heavy atom. The van der Waals surface area contributed by atoms with Crippen LogP contribution in [0.5, 0.6) is 0 Å². The van der Waals surface area contributed by atoms with Gasteiger partial charge in [0.25, 0.3) is 5.91 Å². The lowest BCUT2D eigenvalue weighted by Crippen LogP contribution is -2.13. The molecule has 8 nitrogen and oxygen atoms in total. The quantitative estimate of drug-likeness (QED) is 0.701. The smallest absolute Gasteiger partial charge is 0.337 e. The zero-order valence-electron chi connectivity index (χ0n) is 13.8. The molecule has 0 saturated heterocycles. The van der Waals surface area contributed by atoms with E-state index in [-0.39, 0.29) is 5.76 Å². The van der Waals surface area contributed by atoms with E-state index in [1.54, 1.807) is 37.3 Å². The third-order valence-electron chi connectivity index (χ3n) is 3.56. The van der Waals surface area contributed by atoms with Crippen molar-refractivity contribution in [3.05, 3.63) is 58.6 Å². The average molecular weight is 373 g/mol. The van der Waals surface area contributed by atoms with Gasteiger partial charge in [0, 0.05) is 27.6 Å². The topological polar surface area (TPSA) is 107 Å². The SMILES string of the molecule is COC(=O)c1ccc(Cl)c(-c2ccc(NC(=O)c3onnc3C)nc2)c1. The van der Waals surface area contributed by atoms with Crippen LogP contribution in [0.4, 0.5) is 5.82 Å². The van der Waals surface area contributed by atoms with Gasteiger partial charge in [0.05, 0.1) is 12.7 Å². The second-order valence-corrected chi connectivity index (χ2v) is 5.67. The van der Waals surface area contributed by atoms with Crippen LogP contribution < -0.4 is 5.32 Å². The van der Waals surface area contributed by atoms with Crippen LogP contribution in [0.15, 0.2) is 41.1 Å². The summed E-state index contributed by atoms with van der Waals surface area (Å²) >= 11 is 6.21. The van der Waals surface area contributed by atoms with Crippen molar-refractivity contribution >= 4 is 29.3 Å². The van der Waals surface area contributed by atoms with Crippen molar-refractivity contribution in [3.8, 4) is 11.1 Å². The molecule has 0 aliphatic heterocycles. The molecular weight excluding hydrogens is 360 g/mol. The number of rotatable bonds is 4. The number of halogens is 1. The zero-order chi connectivity index (χ0) is 18.7. The molecule has 1 aromatic carbocycles. The van der Waals surface area contributed by atoms with Crippen molar-refractivity contribution in [1.82, 2.24) is 15.4 Å². The van der Waals surface area contributed by atoms with Crippen molar-refractivity contribution in [2.75, 3.05) is 12.4 Å². The number of nitrogens with zero attached hydrogens (tertiary/aromatic N) is 3. The summed E-state index contributed by atoms with van der Waals surface area (Å²) in [4.78, 5) is 27.9. The number of aromatic nitrogens is 3. The van der Waals surface area contributed by atoms with Crippen LogP contribution in [0.3, 0.4) is 0 Å². The van der Waals surface area contributed by atoms with E-state index < -0.39 is 11.9 Å². The standard InChI is InChI=1S/C17H13ClN4O4/c1-9-15(26-22-21-9)16(23)20-14-6-4-11(8-19-14)12-7-10(17(24)25-2)3-5-13(12)18/h3-8H,1-2H3,(H,19,20,23). The number of carbonyl (C=O) groups excluding carboxylic acids is 2. The molecular formula is C17H13ClN4O4. The number of hydrogen-bond donors (Lipinski definition) is 1. The summed E-state index contributed by atoms with van der Waals surface area (Å²) in [7, 11) is 1.31. The predicted octanol–water partition coefficient (Wildman–Crippen LogP) is 3.13. The Bertz CT molecular complexity index is 969. The summed E-state index contributed by atoms with van der Waals surface area (Å²) in [5.41, 5.74) is 2.05. The van der Waals surface area contributed by atoms with Crippen molar-refractivity contribution < 1.29 is 18.8 Å². The van der Waals surface area contributed by atoms with Crippen LogP contribution in [-0.2, 0) is 4.74 Å². The fourth-order valence-corrected chi connectivity index (χ4v) is 2.46. The van der Waals surface area contributed by atoms with Crippen molar-refractivity contribution in [1.29, 1.82) is 0 Å². The molecule has 0 atom stereocenters. The molecule has 0 unspecified atom stereocenters. The minimum Gasteiger partial charge on any atom is -0.465 e. The Morgan fingerprint density at radius 1 is 1.23 bits per heavy atom. The van der Waals surface area contributed by atoms with E-state index >= 15 is 0 Å². The van der Waals surface area contributed by atoms with Crippen LogP contribution in [0.2, 0.25) is 5.02 Å². The highest BCUT2D eigenvalue weighted by atomic mass is 35.5. The highest BCUT2D eigenvalue weighted by Crippen LogP contribution is 2.29. The van der Waals surface area contributed by atoms with E-state index in [4.69, 9.17) is 20.9 Å². The number of aryl methyl sites for hydroxylation is 1. The van der Waals surface area contributed by atoms with E-state index in [0.717, 1.165) is 0 Å². The van der Waals surface area contributed by atoms with E-state index in [1.807, 2.05) is 0 Å².